The molecule has 2 rings (SSSR count). The molecule has 158 valence electrons. The second-order valence-corrected chi connectivity index (χ2v) is 10.0. The molecule has 0 spiro atoms. The number of thiophene rings is 1. The Bertz CT molecular complexity index is 678. The number of nitrogens with two attached hydrogens (primary N) is 1. The number of carbonyl (C=O) groups excluding carboxylic acids is 2. The van der Waals surface area contributed by atoms with E-state index >= 15 is 0 Å². The van der Waals surface area contributed by atoms with Gasteiger partial charge >= 0.3 is 0 Å². The number of anilines is 1. The second kappa shape index (κ2) is 10.4. The molecule has 5 heteroatoms. The summed E-state index contributed by atoms with van der Waals surface area (Å²) in [5.74, 6) is 0.193. The standard InChI is InChI=1S/C23H38N2O2S/c1-5-7-8-9-10-11-12-19(26)25-22-20(21(24)27)17-14-13-16(15-18(17)28-22)23(3,4)6-2/h16H,5-15H2,1-4H3,(H2,24,27)(H,25,26). The summed E-state index contributed by atoms with van der Waals surface area (Å²) in [6.45, 7) is 9.10. The minimum absolute atomic E-state index is 0.00188. The molecular weight excluding hydrogens is 368 g/mol. The van der Waals surface area contributed by atoms with Gasteiger partial charge in [0.1, 0.15) is 5.00 Å². The molecule has 4 nitrogen and oxygen atoms in total. The van der Waals surface area contributed by atoms with Gasteiger partial charge in [-0.05, 0) is 42.6 Å². The molecule has 1 aliphatic rings. The smallest absolute Gasteiger partial charge is 0.251 e. The van der Waals surface area contributed by atoms with Gasteiger partial charge in [-0.3, -0.25) is 9.59 Å². The second-order valence-electron chi connectivity index (χ2n) is 8.92. The van der Waals surface area contributed by atoms with Crippen LogP contribution >= 0.6 is 11.3 Å². The largest absolute Gasteiger partial charge is 0.365 e. The first-order valence-corrected chi connectivity index (χ1v) is 11.9. The summed E-state index contributed by atoms with van der Waals surface area (Å²) in [5.41, 5.74) is 7.62. The van der Waals surface area contributed by atoms with Crippen LogP contribution in [0.3, 0.4) is 0 Å². The van der Waals surface area contributed by atoms with E-state index < -0.39 is 5.91 Å². The van der Waals surface area contributed by atoms with E-state index in [-0.39, 0.29) is 11.3 Å². The van der Waals surface area contributed by atoms with Crippen molar-refractivity contribution in [3.05, 3.63) is 16.0 Å². The van der Waals surface area contributed by atoms with Crippen molar-refractivity contribution in [3.63, 3.8) is 0 Å². The highest BCUT2D eigenvalue weighted by Crippen LogP contribution is 2.45. The van der Waals surface area contributed by atoms with Crippen molar-refractivity contribution in [1.29, 1.82) is 0 Å². The van der Waals surface area contributed by atoms with Gasteiger partial charge in [-0.15, -0.1) is 11.3 Å². The maximum atomic E-state index is 12.4. The van der Waals surface area contributed by atoms with Gasteiger partial charge in [0, 0.05) is 11.3 Å². The van der Waals surface area contributed by atoms with E-state index in [0.29, 0.717) is 22.9 Å². The molecule has 0 bridgehead atoms. The summed E-state index contributed by atoms with van der Waals surface area (Å²) in [4.78, 5) is 25.7. The summed E-state index contributed by atoms with van der Waals surface area (Å²) in [6, 6.07) is 0. The number of primary amides is 1. The molecular formula is C23H38N2O2S. The molecule has 0 saturated carbocycles. The van der Waals surface area contributed by atoms with E-state index in [9.17, 15) is 9.59 Å². The highest BCUT2D eigenvalue weighted by molar-refractivity contribution is 7.17. The van der Waals surface area contributed by atoms with Crippen molar-refractivity contribution in [1.82, 2.24) is 0 Å². The molecule has 0 fully saturated rings. The molecule has 0 saturated heterocycles. The lowest BCUT2D eigenvalue weighted by molar-refractivity contribution is -0.116. The van der Waals surface area contributed by atoms with Gasteiger partial charge in [0.05, 0.1) is 5.56 Å². The number of rotatable bonds is 11. The van der Waals surface area contributed by atoms with E-state index in [1.165, 1.54) is 30.6 Å². The number of fused-ring (bicyclic) bond motifs is 1. The van der Waals surface area contributed by atoms with Gasteiger partial charge in [-0.2, -0.15) is 0 Å². The van der Waals surface area contributed by atoms with Gasteiger partial charge < -0.3 is 11.1 Å². The van der Waals surface area contributed by atoms with Crippen molar-refractivity contribution >= 4 is 28.2 Å². The molecule has 0 aromatic carbocycles. The summed E-state index contributed by atoms with van der Waals surface area (Å²) >= 11 is 1.57. The first-order chi connectivity index (χ1) is 13.3. The maximum Gasteiger partial charge on any atom is 0.251 e. The number of amides is 2. The zero-order valence-corrected chi connectivity index (χ0v) is 19.0. The maximum absolute atomic E-state index is 12.4. The van der Waals surface area contributed by atoms with Crippen LogP contribution in [0, 0.1) is 11.3 Å². The van der Waals surface area contributed by atoms with Gasteiger partial charge in [0.2, 0.25) is 5.91 Å². The van der Waals surface area contributed by atoms with Crippen LogP contribution < -0.4 is 11.1 Å². The van der Waals surface area contributed by atoms with Gasteiger partial charge in [0.15, 0.2) is 0 Å². The van der Waals surface area contributed by atoms with Crippen LogP contribution in [-0.2, 0) is 17.6 Å². The first kappa shape index (κ1) is 22.9. The summed E-state index contributed by atoms with van der Waals surface area (Å²) in [7, 11) is 0. The first-order valence-electron chi connectivity index (χ1n) is 11.0. The predicted molar refractivity (Wildman–Crippen MR) is 119 cm³/mol. The molecule has 1 unspecified atom stereocenters. The van der Waals surface area contributed by atoms with Crippen LogP contribution in [0.2, 0.25) is 0 Å². The number of hydrogen-bond donors (Lipinski definition) is 2. The minimum Gasteiger partial charge on any atom is -0.365 e. The average Bonchev–Trinajstić information content (AvgIpc) is 3.01. The van der Waals surface area contributed by atoms with Crippen LogP contribution in [0.15, 0.2) is 0 Å². The van der Waals surface area contributed by atoms with Crippen LogP contribution in [0.1, 0.15) is 106 Å². The Hall–Kier alpha value is -1.36. The number of nitrogens with one attached hydrogen (secondary N) is 1. The number of hydrogen-bond acceptors (Lipinski definition) is 3. The van der Waals surface area contributed by atoms with Crippen molar-refractivity contribution in [2.45, 2.75) is 98.3 Å². The molecule has 1 aliphatic carbocycles. The molecule has 1 atom stereocenters. The number of carbonyl (C=O) groups is 2. The third kappa shape index (κ3) is 5.82. The molecule has 0 aliphatic heterocycles. The zero-order chi connectivity index (χ0) is 20.7. The third-order valence-electron chi connectivity index (χ3n) is 6.54. The third-order valence-corrected chi connectivity index (χ3v) is 7.71. The Labute approximate surface area is 174 Å². The quantitative estimate of drug-likeness (QED) is 0.437. The van der Waals surface area contributed by atoms with Crippen LogP contribution in [-0.4, -0.2) is 11.8 Å². The van der Waals surface area contributed by atoms with Crippen molar-refractivity contribution in [2.75, 3.05) is 5.32 Å². The lowest BCUT2D eigenvalue weighted by Crippen LogP contribution is -2.29. The Morgan fingerprint density at radius 1 is 1.14 bits per heavy atom. The normalized spacial score (nSPS) is 16.6. The van der Waals surface area contributed by atoms with Gasteiger partial charge in [0.25, 0.3) is 5.91 Å². The van der Waals surface area contributed by atoms with E-state index in [0.717, 1.165) is 44.1 Å². The fourth-order valence-corrected chi connectivity index (χ4v) is 5.49. The number of unbranched alkanes of at least 4 members (excludes halogenated alkanes) is 5. The monoisotopic (exact) mass is 406 g/mol. The van der Waals surface area contributed by atoms with Crippen LogP contribution in [0.25, 0.3) is 0 Å². The summed E-state index contributed by atoms with van der Waals surface area (Å²) in [5, 5.41) is 3.67. The fraction of sp³-hybridized carbons (Fsp3) is 0.739. The highest BCUT2D eigenvalue weighted by Gasteiger charge is 2.34. The fourth-order valence-electron chi connectivity index (χ4n) is 4.15. The van der Waals surface area contributed by atoms with E-state index in [1.807, 2.05) is 0 Å². The van der Waals surface area contributed by atoms with E-state index in [2.05, 4.69) is 33.0 Å². The highest BCUT2D eigenvalue weighted by atomic mass is 32.1. The summed E-state index contributed by atoms with van der Waals surface area (Å²) < 4.78 is 0. The van der Waals surface area contributed by atoms with Crippen LogP contribution in [0.4, 0.5) is 5.00 Å². The Kier molecular flexibility index (Phi) is 8.54. The lowest BCUT2D eigenvalue weighted by atomic mass is 9.69. The van der Waals surface area contributed by atoms with Crippen molar-refractivity contribution < 1.29 is 9.59 Å². The van der Waals surface area contributed by atoms with Gasteiger partial charge in [-0.1, -0.05) is 66.2 Å². The molecule has 0 radical (unpaired) electrons. The Balaban J connectivity index is 2.01. The molecule has 1 aromatic heterocycles. The van der Waals surface area contributed by atoms with Crippen molar-refractivity contribution in [2.24, 2.45) is 17.1 Å². The molecule has 28 heavy (non-hydrogen) atoms. The Morgan fingerprint density at radius 3 is 2.46 bits per heavy atom. The Morgan fingerprint density at radius 2 is 1.82 bits per heavy atom. The zero-order valence-electron chi connectivity index (χ0n) is 18.2. The molecule has 3 N–H and O–H groups in total. The predicted octanol–water partition coefficient (Wildman–Crippen LogP) is 6.08. The lowest BCUT2D eigenvalue weighted by Gasteiger charge is -2.36. The van der Waals surface area contributed by atoms with Crippen LogP contribution in [0.5, 0.6) is 0 Å². The minimum atomic E-state index is -0.416. The SMILES string of the molecule is CCCCCCCCC(=O)Nc1sc2c(c1C(N)=O)CCC(C(C)(C)CC)C2. The molecule has 1 aromatic rings. The van der Waals surface area contributed by atoms with E-state index in [1.54, 1.807) is 11.3 Å². The summed E-state index contributed by atoms with van der Waals surface area (Å²) in [6.07, 6.45) is 11.5. The molecule has 2 amide bonds. The van der Waals surface area contributed by atoms with Crippen molar-refractivity contribution in [3.8, 4) is 0 Å². The molecule has 1 heterocycles. The van der Waals surface area contributed by atoms with E-state index in [4.69, 9.17) is 5.73 Å². The average molecular weight is 407 g/mol. The topological polar surface area (TPSA) is 72.2 Å². The van der Waals surface area contributed by atoms with Gasteiger partial charge in [-0.25, -0.2) is 0 Å².